The van der Waals surface area contributed by atoms with E-state index < -0.39 is 29.9 Å². The van der Waals surface area contributed by atoms with Gasteiger partial charge in [-0.1, -0.05) is 0 Å². The molecule has 0 saturated carbocycles. The van der Waals surface area contributed by atoms with Crippen LogP contribution in [0.15, 0.2) is 48.5 Å². The summed E-state index contributed by atoms with van der Waals surface area (Å²) < 4.78 is 25.9. The molecule has 2 aromatic rings. The van der Waals surface area contributed by atoms with Crippen LogP contribution in [0.2, 0.25) is 0 Å². The molecular weight excluding hydrogens is 280 g/mol. The van der Waals surface area contributed by atoms with E-state index in [1.807, 2.05) is 0 Å². The third-order valence-electron chi connectivity index (χ3n) is 2.71. The van der Waals surface area contributed by atoms with E-state index in [9.17, 15) is 23.5 Å². The van der Waals surface area contributed by atoms with E-state index in [-0.39, 0.29) is 11.4 Å². The zero-order chi connectivity index (χ0) is 15.4. The molecule has 1 amide bonds. The summed E-state index contributed by atoms with van der Waals surface area (Å²) in [5.74, 6) is -3.29. The van der Waals surface area contributed by atoms with Gasteiger partial charge in [0, 0.05) is 11.4 Å². The van der Waals surface area contributed by atoms with Crippen molar-refractivity contribution in [1.82, 2.24) is 0 Å². The Kier molecular flexibility index (Phi) is 4.27. The molecule has 2 aromatic carbocycles. The van der Waals surface area contributed by atoms with Crippen LogP contribution in [0.4, 0.5) is 20.2 Å². The van der Waals surface area contributed by atoms with Gasteiger partial charge in [0.1, 0.15) is 11.6 Å². The summed E-state index contributed by atoms with van der Waals surface area (Å²) in [5, 5.41) is 10.6. The van der Waals surface area contributed by atoms with Crippen molar-refractivity contribution in [2.75, 3.05) is 4.90 Å². The number of rotatable bonds is 4. The lowest BCUT2D eigenvalue weighted by atomic mass is 10.2. The average molecular weight is 290 g/mol. The Morgan fingerprint density at radius 3 is 1.57 bits per heavy atom. The Morgan fingerprint density at radius 2 is 1.24 bits per heavy atom. The Labute approximate surface area is 119 Å². The van der Waals surface area contributed by atoms with Gasteiger partial charge in [-0.05, 0) is 48.5 Å². The van der Waals surface area contributed by atoms with Gasteiger partial charge in [0.15, 0.2) is 0 Å². The molecule has 0 radical (unpaired) electrons. The van der Waals surface area contributed by atoms with Crippen LogP contribution in [0.5, 0.6) is 0 Å². The van der Waals surface area contributed by atoms with Gasteiger partial charge < -0.3 is 9.90 Å². The minimum absolute atomic E-state index is 0.272. The number of hydrogen-bond acceptors (Lipinski definition) is 3. The van der Waals surface area contributed by atoms with Crippen LogP contribution in [0.1, 0.15) is 6.42 Å². The number of amides is 1. The summed E-state index contributed by atoms with van der Waals surface area (Å²) >= 11 is 0. The molecule has 0 aliphatic heterocycles. The largest absolute Gasteiger partial charge is 0.550 e. The third kappa shape index (κ3) is 3.62. The maximum atomic E-state index is 13.0. The number of anilines is 2. The number of nitrogens with zero attached hydrogens (tertiary/aromatic N) is 1. The molecular formula is C15H10F2NO3-. The fraction of sp³-hybridized carbons (Fsp3) is 0.0667. The summed E-state index contributed by atoms with van der Waals surface area (Å²) in [6, 6.07) is 9.85. The highest BCUT2D eigenvalue weighted by molar-refractivity contribution is 6.07. The van der Waals surface area contributed by atoms with Crippen LogP contribution in [0.25, 0.3) is 0 Å². The van der Waals surface area contributed by atoms with Crippen LogP contribution >= 0.6 is 0 Å². The Bertz CT molecular complexity index is 608. The minimum Gasteiger partial charge on any atom is -0.550 e. The highest BCUT2D eigenvalue weighted by Gasteiger charge is 2.18. The molecule has 0 aliphatic rings. The van der Waals surface area contributed by atoms with Crippen LogP contribution in [0.3, 0.4) is 0 Å². The number of halogens is 2. The van der Waals surface area contributed by atoms with Gasteiger partial charge in [-0.3, -0.25) is 9.69 Å². The van der Waals surface area contributed by atoms with E-state index >= 15 is 0 Å². The third-order valence-corrected chi connectivity index (χ3v) is 2.71. The number of carbonyl (C=O) groups excluding carboxylic acids is 2. The van der Waals surface area contributed by atoms with E-state index in [4.69, 9.17) is 0 Å². The summed E-state index contributed by atoms with van der Waals surface area (Å²) in [6.45, 7) is 0. The van der Waals surface area contributed by atoms with Gasteiger partial charge >= 0.3 is 0 Å². The van der Waals surface area contributed by atoms with Crippen LogP contribution in [0, 0.1) is 11.6 Å². The maximum absolute atomic E-state index is 13.0. The van der Waals surface area contributed by atoms with E-state index in [1.165, 1.54) is 24.3 Å². The molecule has 0 saturated heterocycles. The Balaban J connectivity index is 2.43. The summed E-state index contributed by atoms with van der Waals surface area (Å²) in [4.78, 5) is 23.7. The first-order valence-electron chi connectivity index (χ1n) is 6.01. The molecule has 0 spiro atoms. The molecule has 21 heavy (non-hydrogen) atoms. The molecule has 0 aromatic heterocycles. The smallest absolute Gasteiger partial charge is 0.237 e. The molecule has 0 unspecified atom stereocenters. The Morgan fingerprint density at radius 1 is 0.857 bits per heavy atom. The van der Waals surface area contributed by atoms with Gasteiger partial charge in [-0.15, -0.1) is 0 Å². The number of carboxylic acids is 1. The topological polar surface area (TPSA) is 60.4 Å². The van der Waals surface area contributed by atoms with Gasteiger partial charge in [0.25, 0.3) is 0 Å². The second-order valence-electron chi connectivity index (χ2n) is 4.23. The van der Waals surface area contributed by atoms with E-state index in [2.05, 4.69) is 0 Å². The quantitative estimate of drug-likeness (QED) is 0.806. The van der Waals surface area contributed by atoms with Crippen molar-refractivity contribution < 1.29 is 23.5 Å². The fourth-order valence-electron chi connectivity index (χ4n) is 1.82. The number of carbonyl (C=O) groups is 2. The highest BCUT2D eigenvalue weighted by Crippen LogP contribution is 2.26. The number of benzene rings is 2. The van der Waals surface area contributed by atoms with Crippen molar-refractivity contribution in [3.8, 4) is 0 Å². The highest BCUT2D eigenvalue weighted by atomic mass is 19.1. The normalized spacial score (nSPS) is 10.2. The summed E-state index contributed by atoms with van der Waals surface area (Å²) in [6.07, 6.45) is -0.839. The van der Waals surface area contributed by atoms with Crippen LogP contribution in [-0.2, 0) is 9.59 Å². The molecule has 0 bridgehead atoms. The van der Waals surface area contributed by atoms with Crippen molar-refractivity contribution in [1.29, 1.82) is 0 Å². The minimum atomic E-state index is -1.53. The standard InChI is InChI=1S/C15H11F2NO3/c16-10-1-5-12(6-2-10)18(14(19)9-15(20)21)13-7-3-11(17)4-8-13/h1-8H,9H2,(H,20,21)/p-1. The lowest BCUT2D eigenvalue weighted by molar-refractivity contribution is -0.304. The molecule has 4 nitrogen and oxygen atoms in total. The zero-order valence-corrected chi connectivity index (χ0v) is 10.8. The van der Waals surface area contributed by atoms with Gasteiger partial charge in [0.2, 0.25) is 5.91 Å². The van der Waals surface area contributed by atoms with E-state index in [0.717, 1.165) is 29.2 Å². The van der Waals surface area contributed by atoms with Crippen molar-refractivity contribution in [2.45, 2.75) is 6.42 Å². The lowest BCUT2D eigenvalue weighted by Crippen LogP contribution is -2.33. The van der Waals surface area contributed by atoms with Crippen LogP contribution in [-0.4, -0.2) is 11.9 Å². The lowest BCUT2D eigenvalue weighted by Gasteiger charge is -2.23. The Hall–Kier alpha value is -2.76. The van der Waals surface area contributed by atoms with Crippen molar-refractivity contribution in [2.24, 2.45) is 0 Å². The molecule has 0 fully saturated rings. The van der Waals surface area contributed by atoms with Crippen molar-refractivity contribution >= 4 is 23.3 Å². The maximum Gasteiger partial charge on any atom is 0.237 e. The van der Waals surface area contributed by atoms with Crippen molar-refractivity contribution in [3.05, 3.63) is 60.2 Å². The van der Waals surface area contributed by atoms with Crippen LogP contribution < -0.4 is 10.0 Å². The first kappa shape index (κ1) is 14.6. The monoisotopic (exact) mass is 290 g/mol. The van der Waals surface area contributed by atoms with Gasteiger partial charge in [0.05, 0.1) is 12.4 Å². The summed E-state index contributed by atoms with van der Waals surface area (Å²) in [5.41, 5.74) is 0.545. The molecule has 6 heteroatoms. The van der Waals surface area contributed by atoms with E-state index in [0.29, 0.717) is 0 Å². The van der Waals surface area contributed by atoms with E-state index in [1.54, 1.807) is 0 Å². The number of carboxylic acid groups (broad SMARTS) is 1. The summed E-state index contributed by atoms with van der Waals surface area (Å²) in [7, 11) is 0. The number of hydrogen-bond donors (Lipinski definition) is 0. The fourth-order valence-corrected chi connectivity index (χ4v) is 1.82. The van der Waals surface area contributed by atoms with Gasteiger partial charge in [-0.25, -0.2) is 8.78 Å². The van der Waals surface area contributed by atoms with Gasteiger partial charge in [-0.2, -0.15) is 0 Å². The molecule has 108 valence electrons. The first-order valence-corrected chi connectivity index (χ1v) is 6.01. The zero-order valence-electron chi connectivity index (χ0n) is 10.8. The average Bonchev–Trinajstić information content (AvgIpc) is 2.42. The predicted octanol–water partition coefficient (Wildman–Crippen LogP) is 1.77. The SMILES string of the molecule is O=C([O-])CC(=O)N(c1ccc(F)cc1)c1ccc(F)cc1. The second-order valence-corrected chi connectivity index (χ2v) is 4.23. The second kappa shape index (κ2) is 6.13. The molecule has 0 atom stereocenters. The molecule has 2 rings (SSSR count). The number of aliphatic carboxylic acids is 1. The molecule has 0 aliphatic carbocycles. The molecule has 0 N–H and O–H groups in total. The first-order chi connectivity index (χ1) is 9.97. The predicted molar refractivity (Wildman–Crippen MR) is 69.6 cm³/mol. The van der Waals surface area contributed by atoms with Crippen molar-refractivity contribution in [3.63, 3.8) is 0 Å². The molecule has 0 heterocycles.